The highest BCUT2D eigenvalue weighted by molar-refractivity contribution is 14.1. The maximum Gasteiger partial charge on any atom is 0.335 e. The highest BCUT2D eigenvalue weighted by atomic mass is 127. The van der Waals surface area contributed by atoms with E-state index in [9.17, 15) is 14.4 Å². The molecule has 3 aromatic carbocycles. The van der Waals surface area contributed by atoms with Crippen molar-refractivity contribution in [2.75, 3.05) is 18.1 Å². The Morgan fingerprint density at radius 1 is 0.872 bits per heavy atom. The van der Waals surface area contributed by atoms with Crippen molar-refractivity contribution in [1.29, 1.82) is 0 Å². The number of urea groups is 1. The summed E-state index contributed by atoms with van der Waals surface area (Å²) >= 11 is 2.14. The van der Waals surface area contributed by atoms with Crippen LogP contribution in [0.15, 0.2) is 60.2 Å². The predicted molar refractivity (Wildman–Crippen MR) is 157 cm³/mol. The first-order valence-electron chi connectivity index (χ1n) is 12.5. The van der Waals surface area contributed by atoms with Gasteiger partial charge in [-0.05, 0) is 115 Å². The first-order chi connectivity index (χ1) is 18.7. The van der Waals surface area contributed by atoms with Crippen LogP contribution in [0.5, 0.6) is 17.2 Å². The Kier molecular flexibility index (Phi) is 8.90. The van der Waals surface area contributed by atoms with Gasteiger partial charge in [0.05, 0.1) is 22.5 Å². The first-order valence-corrected chi connectivity index (χ1v) is 13.6. The summed E-state index contributed by atoms with van der Waals surface area (Å²) in [4.78, 5) is 39.5. The van der Waals surface area contributed by atoms with Crippen LogP contribution in [-0.2, 0) is 16.2 Å². The molecule has 1 saturated heterocycles. The molecule has 0 spiro atoms. The summed E-state index contributed by atoms with van der Waals surface area (Å²) in [5.41, 5.74) is 4.13. The molecule has 0 aromatic heterocycles. The average Bonchev–Trinajstić information content (AvgIpc) is 2.89. The van der Waals surface area contributed by atoms with E-state index in [0.717, 1.165) is 14.0 Å². The molecule has 0 aliphatic carbocycles. The zero-order valence-corrected chi connectivity index (χ0v) is 24.3. The number of benzene rings is 3. The molecule has 4 amide bonds. The van der Waals surface area contributed by atoms with E-state index in [-0.39, 0.29) is 5.57 Å². The molecule has 202 valence electrons. The molecule has 1 N–H and O–H groups in total. The third-order valence-electron chi connectivity index (χ3n) is 6.10. The van der Waals surface area contributed by atoms with Gasteiger partial charge in [-0.2, -0.15) is 0 Å². The molecule has 0 bridgehead atoms. The number of ether oxygens (including phenoxy) is 3. The molecule has 0 radical (unpaired) electrons. The number of nitrogens with zero attached hydrogens (tertiary/aromatic N) is 1. The van der Waals surface area contributed by atoms with E-state index >= 15 is 0 Å². The van der Waals surface area contributed by atoms with Crippen molar-refractivity contribution in [2.45, 2.75) is 34.3 Å². The summed E-state index contributed by atoms with van der Waals surface area (Å²) in [6, 6.07) is 15.4. The quantitative estimate of drug-likeness (QED) is 0.177. The van der Waals surface area contributed by atoms with Crippen LogP contribution < -0.4 is 24.4 Å². The number of barbiturate groups is 1. The van der Waals surface area contributed by atoms with Crippen LogP contribution in [0.1, 0.15) is 36.1 Å². The van der Waals surface area contributed by atoms with Gasteiger partial charge in [0.2, 0.25) is 0 Å². The van der Waals surface area contributed by atoms with Gasteiger partial charge in [-0.3, -0.25) is 14.9 Å². The standard InChI is InChI=1S/C30H29IN2O6/c1-5-37-23-11-9-22(10-12-23)33-29(35)24(28(34)32-30(33)36)14-21-15-25(31)27(26(16-21)38-6-2)39-17-20-8-7-18(3)19(4)13-20/h7-16H,5-6,17H2,1-4H3,(H,32,34,36)/b24-14+. The number of hydrogen-bond donors (Lipinski definition) is 1. The van der Waals surface area contributed by atoms with Crippen molar-refractivity contribution >= 4 is 52.2 Å². The lowest BCUT2D eigenvalue weighted by molar-refractivity contribution is -0.122. The second-order valence-electron chi connectivity index (χ2n) is 8.86. The predicted octanol–water partition coefficient (Wildman–Crippen LogP) is 5.95. The van der Waals surface area contributed by atoms with Crippen molar-refractivity contribution in [3.8, 4) is 17.2 Å². The molecule has 39 heavy (non-hydrogen) atoms. The Morgan fingerprint density at radius 3 is 2.26 bits per heavy atom. The number of nitrogens with one attached hydrogen (secondary N) is 1. The first kappa shape index (κ1) is 28.2. The molecule has 0 saturated carbocycles. The smallest absolute Gasteiger partial charge is 0.335 e. The van der Waals surface area contributed by atoms with E-state index < -0.39 is 17.8 Å². The van der Waals surface area contributed by atoms with Crippen molar-refractivity contribution < 1.29 is 28.6 Å². The number of aryl methyl sites for hydroxylation is 2. The number of rotatable bonds is 9. The lowest BCUT2D eigenvalue weighted by Gasteiger charge is -2.26. The van der Waals surface area contributed by atoms with Crippen LogP contribution in [0.25, 0.3) is 6.08 Å². The van der Waals surface area contributed by atoms with Crippen molar-refractivity contribution in [3.05, 3.63) is 86.0 Å². The van der Waals surface area contributed by atoms with E-state index in [1.807, 2.05) is 19.9 Å². The molecule has 1 aliphatic heterocycles. The number of amides is 4. The topological polar surface area (TPSA) is 94.2 Å². The van der Waals surface area contributed by atoms with Crippen molar-refractivity contribution in [2.24, 2.45) is 0 Å². The number of halogens is 1. The number of carbonyl (C=O) groups excluding carboxylic acids is 3. The minimum absolute atomic E-state index is 0.175. The van der Waals surface area contributed by atoms with Crippen LogP contribution in [0, 0.1) is 17.4 Å². The van der Waals surface area contributed by atoms with Gasteiger partial charge in [-0.1, -0.05) is 18.2 Å². The molecule has 1 heterocycles. The lowest BCUT2D eigenvalue weighted by atomic mass is 10.1. The zero-order chi connectivity index (χ0) is 28.1. The largest absolute Gasteiger partial charge is 0.494 e. The maximum absolute atomic E-state index is 13.3. The second-order valence-corrected chi connectivity index (χ2v) is 10.0. The van der Waals surface area contributed by atoms with Gasteiger partial charge in [0, 0.05) is 0 Å². The van der Waals surface area contributed by atoms with E-state index in [4.69, 9.17) is 14.2 Å². The molecule has 4 rings (SSSR count). The summed E-state index contributed by atoms with van der Waals surface area (Å²) in [7, 11) is 0. The van der Waals surface area contributed by atoms with Gasteiger partial charge >= 0.3 is 6.03 Å². The Bertz CT molecular complexity index is 1450. The summed E-state index contributed by atoms with van der Waals surface area (Å²) in [6.45, 7) is 9.09. The molecule has 1 fully saturated rings. The van der Waals surface area contributed by atoms with Crippen LogP contribution in [0.2, 0.25) is 0 Å². The van der Waals surface area contributed by atoms with E-state index in [1.54, 1.807) is 36.4 Å². The zero-order valence-electron chi connectivity index (χ0n) is 22.2. The number of carbonyl (C=O) groups is 3. The molecular formula is C30H29IN2O6. The Hall–Kier alpha value is -3.86. The maximum atomic E-state index is 13.3. The lowest BCUT2D eigenvalue weighted by Crippen LogP contribution is -2.54. The SMILES string of the molecule is CCOc1ccc(N2C(=O)NC(=O)/C(=C\c3cc(I)c(OCc4ccc(C)c(C)c4)c(OCC)c3)C2=O)cc1. The van der Waals surface area contributed by atoms with Crippen LogP contribution in [-0.4, -0.2) is 31.1 Å². The van der Waals surface area contributed by atoms with Gasteiger partial charge in [0.1, 0.15) is 17.9 Å². The second kappa shape index (κ2) is 12.3. The van der Waals surface area contributed by atoms with Gasteiger partial charge in [0.15, 0.2) is 11.5 Å². The van der Waals surface area contributed by atoms with Gasteiger partial charge in [-0.15, -0.1) is 0 Å². The third kappa shape index (κ3) is 6.42. The van der Waals surface area contributed by atoms with Crippen molar-refractivity contribution in [1.82, 2.24) is 5.32 Å². The Morgan fingerprint density at radius 2 is 1.59 bits per heavy atom. The number of imide groups is 2. The fraction of sp³-hybridized carbons (Fsp3) is 0.233. The van der Waals surface area contributed by atoms with E-state index in [2.05, 4.69) is 53.9 Å². The average molecular weight is 640 g/mol. The molecule has 1 aliphatic rings. The van der Waals surface area contributed by atoms with Crippen molar-refractivity contribution in [3.63, 3.8) is 0 Å². The Labute approximate surface area is 241 Å². The fourth-order valence-corrected chi connectivity index (χ4v) is 4.82. The highest BCUT2D eigenvalue weighted by Gasteiger charge is 2.37. The summed E-state index contributed by atoms with van der Waals surface area (Å²) in [5.74, 6) is 0.175. The van der Waals surface area contributed by atoms with E-state index in [0.29, 0.717) is 48.3 Å². The Balaban J connectivity index is 1.63. The van der Waals surface area contributed by atoms with Crippen LogP contribution in [0.3, 0.4) is 0 Å². The third-order valence-corrected chi connectivity index (χ3v) is 6.91. The molecule has 0 atom stereocenters. The summed E-state index contributed by atoms with van der Waals surface area (Å²) < 4.78 is 18.2. The fourth-order valence-electron chi connectivity index (χ4n) is 4.04. The molecular weight excluding hydrogens is 611 g/mol. The van der Waals surface area contributed by atoms with Gasteiger partial charge < -0.3 is 14.2 Å². The molecule has 9 heteroatoms. The normalized spacial score (nSPS) is 14.4. The minimum atomic E-state index is -0.814. The van der Waals surface area contributed by atoms with Gasteiger partial charge in [0.25, 0.3) is 11.8 Å². The van der Waals surface area contributed by atoms with Gasteiger partial charge in [-0.25, -0.2) is 9.69 Å². The minimum Gasteiger partial charge on any atom is -0.494 e. The summed E-state index contributed by atoms with van der Waals surface area (Å²) in [5, 5.41) is 2.25. The molecule has 3 aromatic rings. The summed E-state index contributed by atoms with van der Waals surface area (Å²) in [6.07, 6.45) is 1.45. The molecule has 0 unspecified atom stereocenters. The molecule has 8 nitrogen and oxygen atoms in total. The highest BCUT2D eigenvalue weighted by Crippen LogP contribution is 2.36. The van der Waals surface area contributed by atoms with Crippen LogP contribution >= 0.6 is 22.6 Å². The number of anilines is 1. The van der Waals surface area contributed by atoms with Crippen LogP contribution in [0.4, 0.5) is 10.5 Å². The monoisotopic (exact) mass is 640 g/mol. The number of hydrogen-bond acceptors (Lipinski definition) is 6. The van der Waals surface area contributed by atoms with E-state index in [1.165, 1.54) is 17.2 Å².